The predicted molar refractivity (Wildman–Crippen MR) is 91.2 cm³/mol. The van der Waals surface area contributed by atoms with E-state index in [9.17, 15) is 4.79 Å². The summed E-state index contributed by atoms with van der Waals surface area (Å²) in [6, 6.07) is 5.33. The molecule has 1 aromatic carbocycles. The van der Waals surface area contributed by atoms with Crippen LogP contribution in [-0.4, -0.2) is 35.9 Å². The van der Waals surface area contributed by atoms with E-state index >= 15 is 0 Å². The topological polar surface area (TPSA) is 104 Å². The summed E-state index contributed by atoms with van der Waals surface area (Å²) >= 11 is 11.9. The summed E-state index contributed by atoms with van der Waals surface area (Å²) in [5, 5.41) is 14.6. The van der Waals surface area contributed by atoms with Crippen molar-refractivity contribution in [2.75, 3.05) is 6.54 Å². The first kappa shape index (κ1) is 16.1. The summed E-state index contributed by atoms with van der Waals surface area (Å²) in [5.41, 5.74) is 7.84. The number of nitrogens with two attached hydrogens (primary N) is 1. The van der Waals surface area contributed by atoms with Gasteiger partial charge in [-0.2, -0.15) is 5.10 Å². The van der Waals surface area contributed by atoms with Crippen molar-refractivity contribution >= 4 is 46.2 Å². The van der Waals surface area contributed by atoms with Crippen molar-refractivity contribution in [2.45, 2.75) is 19.3 Å². The van der Waals surface area contributed by atoms with Crippen LogP contribution >= 0.6 is 23.2 Å². The minimum Gasteiger partial charge on any atom is -0.330 e. The summed E-state index contributed by atoms with van der Waals surface area (Å²) in [6.45, 7) is 0.887. The van der Waals surface area contributed by atoms with E-state index in [1.807, 2.05) is 6.07 Å². The number of benzene rings is 1. The van der Waals surface area contributed by atoms with E-state index in [1.165, 1.54) is 0 Å². The van der Waals surface area contributed by atoms with Crippen LogP contribution in [0.5, 0.6) is 0 Å². The Balaban J connectivity index is 1.71. The number of amides is 1. The molecule has 2 aliphatic rings. The number of carbonyl (C=O) groups excluding carboxylic acids is 1. The number of carbonyl (C=O) groups is 1. The van der Waals surface area contributed by atoms with Crippen LogP contribution in [0, 0.1) is 0 Å². The van der Waals surface area contributed by atoms with E-state index in [-0.39, 0.29) is 11.6 Å². The lowest BCUT2D eigenvalue weighted by atomic mass is 10.1. The van der Waals surface area contributed by atoms with E-state index in [2.05, 4.69) is 25.8 Å². The van der Waals surface area contributed by atoms with E-state index in [1.54, 1.807) is 12.1 Å². The molecule has 0 radical (unpaired) electrons. The smallest absolute Gasteiger partial charge is 0.276 e. The molecule has 0 saturated carbocycles. The van der Waals surface area contributed by atoms with Gasteiger partial charge in [0.1, 0.15) is 5.71 Å². The van der Waals surface area contributed by atoms with E-state index in [0.29, 0.717) is 41.0 Å². The van der Waals surface area contributed by atoms with Gasteiger partial charge in [0.2, 0.25) is 0 Å². The average molecular weight is 353 g/mol. The van der Waals surface area contributed by atoms with Crippen molar-refractivity contribution in [3.8, 4) is 0 Å². The number of halogens is 2. The summed E-state index contributed by atoms with van der Waals surface area (Å²) in [7, 11) is 0. The van der Waals surface area contributed by atoms with Gasteiger partial charge < -0.3 is 11.1 Å². The van der Waals surface area contributed by atoms with Crippen molar-refractivity contribution in [2.24, 2.45) is 20.9 Å². The van der Waals surface area contributed by atoms with Crippen LogP contribution in [0.3, 0.4) is 0 Å². The van der Waals surface area contributed by atoms with Gasteiger partial charge in [-0.3, -0.25) is 10.1 Å². The first-order valence-corrected chi connectivity index (χ1v) is 7.75. The Morgan fingerprint density at radius 3 is 2.78 bits per heavy atom. The largest absolute Gasteiger partial charge is 0.330 e. The molecule has 0 aromatic heterocycles. The third-order valence-corrected chi connectivity index (χ3v) is 4.11. The molecule has 1 unspecified atom stereocenters. The van der Waals surface area contributed by atoms with E-state index in [0.717, 1.165) is 5.56 Å². The molecular formula is C14H14Cl2N6O. The quantitative estimate of drug-likeness (QED) is 0.738. The van der Waals surface area contributed by atoms with Gasteiger partial charge in [0, 0.05) is 13.0 Å². The Labute approximate surface area is 142 Å². The van der Waals surface area contributed by atoms with Gasteiger partial charge in [-0.25, -0.2) is 4.99 Å². The number of nitrogens with zero attached hydrogens (tertiary/aromatic N) is 3. The number of fused-ring (bicyclic) bond motifs is 1. The summed E-state index contributed by atoms with van der Waals surface area (Å²) in [6.07, 6.45) is -0.0366. The molecule has 1 atom stereocenters. The highest BCUT2D eigenvalue weighted by Crippen LogP contribution is 2.22. The summed E-state index contributed by atoms with van der Waals surface area (Å²) in [4.78, 5) is 16.5. The van der Waals surface area contributed by atoms with Crippen LogP contribution in [0.2, 0.25) is 10.0 Å². The van der Waals surface area contributed by atoms with Crippen LogP contribution in [0.15, 0.2) is 33.4 Å². The van der Waals surface area contributed by atoms with Crippen LogP contribution in [-0.2, 0) is 11.3 Å². The number of hydrogen-bond donors (Lipinski definition) is 3. The van der Waals surface area contributed by atoms with Crippen molar-refractivity contribution in [3.05, 3.63) is 33.8 Å². The average Bonchev–Trinajstić information content (AvgIpc) is 2.93. The molecule has 0 saturated heterocycles. The third-order valence-electron chi connectivity index (χ3n) is 3.37. The standard InChI is InChI=1S/C14H14Cl2N6O/c15-8-2-1-7(5-9(8)16)6-18-14-19-11-10(3-4-17)21-22-12(11)13(23)20-14/h1-2,5,14,18H,3-4,6,17H2,(H,20,23). The van der Waals surface area contributed by atoms with Crippen LogP contribution in [0.4, 0.5) is 0 Å². The maximum Gasteiger partial charge on any atom is 0.276 e. The molecule has 2 aliphatic heterocycles. The lowest BCUT2D eigenvalue weighted by Crippen LogP contribution is -2.53. The Morgan fingerprint density at radius 2 is 2.04 bits per heavy atom. The Hall–Kier alpha value is -1.80. The minimum absolute atomic E-state index is 0.237. The lowest BCUT2D eigenvalue weighted by Gasteiger charge is -2.22. The van der Waals surface area contributed by atoms with Crippen LogP contribution < -0.4 is 16.4 Å². The van der Waals surface area contributed by atoms with Gasteiger partial charge in [-0.05, 0) is 24.2 Å². The molecule has 0 fully saturated rings. The Bertz CT molecular complexity index is 743. The molecule has 3 rings (SSSR count). The van der Waals surface area contributed by atoms with Crippen molar-refractivity contribution in [1.29, 1.82) is 0 Å². The fraction of sp³-hybridized carbons (Fsp3) is 0.286. The second-order valence-corrected chi connectivity index (χ2v) is 5.83. The third kappa shape index (κ3) is 3.42. The second kappa shape index (κ2) is 6.76. The molecule has 0 bridgehead atoms. The first-order chi connectivity index (χ1) is 11.1. The van der Waals surface area contributed by atoms with Gasteiger partial charge in [-0.1, -0.05) is 29.3 Å². The maximum atomic E-state index is 12.0. The van der Waals surface area contributed by atoms with Crippen LogP contribution in [0.25, 0.3) is 0 Å². The molecule has 1 amide bonds. The number of hydrogen-bond acceptors (Lipinski definition) is 6. The molecule has 0 spiro atoms. The van der Waals surface area contributed by atoms with Gasteiger partial charge >= 0.3 is 0 Å². The number of nitrogens with one attached hydrogen (secondary N) is 2. The monoisotopic (exact) mass is 352 g/mol. The highest BCUT2D eigenvalue weighted by atomic mass is 35.5. The zero-order valence-corrected chi connectivity index (χ0v) is 13.5. The van der Waals surface area contributed by atoms with Crippen molar-refractivity contribution in [1.82, 2.24) is 10.6 Å². The fourth-order valence-electron chi connectivity index (χ4n) is 2.25. The summed E-state index contributed by atoms with van der Waals surface area (Å²) in [5.74, 6) is -0.308. The number of rotatable bonds is 5. The Kier molecular flexibility index (Phi) is 4.72. The predicted octanol–water partition coefficient (Wildman–Crippen LogP) is 1.10. The van der Waals surface area contributed by atoms with E-state index < -0.39 is 6.29 Å². The van der Waals surface area contributed by atoms with Gasteiger partial charge in [0.05, 0.1) is 15.8 Å². The zero-order valence-electron chi connectivity index (χ0n) is 12.0. The molecular weight excluding hydrogens is 339 g/mol. The minimum atomic E-state index is -0.563. The second-order valence-electron chi connectivity index (χ2n) is 5.02. The molecule has 1 aromatic rings. The molecule has 7 nitrogen and oxygen atoms in total. The molecule has 4 N–H and O–H groups in total. The zero-order chi connectivity index (χ0) is 16.4. The van der Waals surface area contributed by atoms with Crippen molar-refractivity contribution < 1.29 is 4.79 Å². The fourth-order valence-corrected chi connectivity index (χ4v) is 2.57. The molecule has 0 aliphatic carbocycles. The molecule has 23 heavy (non-hydrogen) atoms. The molecule has 120 valence electrons. The molecule has 2 heterocycles. The van der Waals surface area contributed by atoms with Gasteiger partial charge in [-0.15, -0.1) is 5.10 Å². The molecule has 9 heteroatoms. The van der Waals surface area contributed by atoms with Crippen LogP contribution in [0.1, 0.15) is 12.0 Å². The first-order valence-electron chi connectivity index (χ1n) is 7.00. The summed E-state index contributed by atoms with van der Waals surface area (Å²) < 4.78 is 0. The van der Waals surface area contributed by atoms with Crippen molar-refractivity contribution in [3.63, 3.8) is 0 Å². The van der Waals surface area contributed by atoms with E-state index in [4.69, 9.17) is 28.9 Å². The highest BCUT2D eigenvalue weighted by Gasteiger charge is 2.33. The maximum absolute atomic E-state index is 12.0. The lowest BCUT2D eigenvalue weighted by molar-refractivity contribution is -0.115. The normalized spacial score (nSPS) is 19.7. The SMILES string of the molecule is NCCC1=NN=C2C(=O)NC(NCc3ccc(Cl)c(Cl)c3)N=C12. The van der Waals surface area contributed by atoms with Gasteiger partial charge in [0.25, 0.3) is 5.91 Å². The number of aliphatic imine (C=N–C) groups is 1. The Morgan fingerprint density at radius 1 is 1.22 bits per heavy atom. The van der Waals surface area contributed by atoms with Gasteiger partial charge in [0.15, 0.2) is 12.0 Å². The highest BCUT2D eigenvalue weighted by molar-refractivity contribution is 6.83.